The molecule has 0 bridgehead atoms. The summed E-state index contributed by atoms with van der Waals surface area (Å²) < 4.78 is 6.40. The van der Waals surface area contributed by atoms with Crippen molar-refractivity contribution in [3.05, 3.63) is 70.1 Å². The van der Waals surface area contributed by atoms with Crippen LogP contribution >= 0.6 is 0 Å². The van der Waals surface area contributed by atoms with E-state index in [1.807, 2.05) is 24.3 Å². The van der Waals surface area contributed by atoms with E-state index in [9.17, 15) is 14.4 Å². The number of imide groups is 1. The number of rotatable bonds is 4. The Labute approximate surface area is 176 Å². The van der Waals surface area contributed by atoms with Crippen molar-refractivity contribution in [2.24, 2.45) is 0 Å². The second kappa shape index (κ2) is 6.98. The van der Waals surface area contributed by atoms with E-state index in [2.05, 4.69) is 15.1 Å². The van der Waals surface area contributed by atoms with Crippen molar-refractivity contribution in [3.63, 3.8) is 0 Å². The lowest BCUT2D eigenvalue weighted by molar-refractivity contribution is -0.121. The van der Waals surface area contributed by atoms with Crippen LogP contribution in [-0.4, -0.2) is 38.7 Å². The number of ether oxygens (including phenoxy) is 1. The Balaban J connectivity index is 1.52. The van der Waals surface area contributed by atoms with E-state index >= 15 is 0 Å². The first-order chi connectivity index (χ1) is 15.0. The number of nitrogens with zero attached hydrogens (tertiary/aromatic N) is 3. The molecular weight excluding hydrogens is 398 g/mol. The van der Waals surface area contributed by atoms with E-state index in [1.165, 1.54) is 4.68 Å². The number of H-pyrrole nitrogens is 2. The van der Waals surface area contributed by atoms with Gasteiger partial charge in [0.2, 0.25) is 17.8 Å². The Hall–Kier alpha value is -4.14. The normalized spacial score (nSPS) is 16.5. The van der Waals surface area contributed by atoms with E-state index in [0.29, 0.717) is 23.1 Å². The molecule has 0 saturated carbocycles. The molecule has 0 unspecified atom stereocenters. The predicted octanol–water partition coefficient (Wildman–Crippen LogP) is 2.41. The molecule has 0 aliphatic carbocycles. The quantitative estimate of drug-likeness (QED) is 0.495. The molecule has 0 radical (unpaired) electrons. The van der Waals surface area contributed by atoms with Gasteiger partial charge in [-0.15, -0.1) is 0 Å². The molecular formula is C22H19N5O4. The molecule has 1 aliphatic rings. The lowest BCUT2D eigenvalue weighted by atomic mass is 9.98. The van der Waals surface area contributed by atoms with Crippen LogP contribution in [0.5, 0.6) is 5.75 Å². The standard InChI is InChI=1S/C22H19N5O4/c1-12-19(21(30)27(25-12)22-23-16-5-3-4-6-17(16)24-22)15-11-18(28)26(20(15)29)13-7-9-14(31-2)10-8-13/h3-10,15,25H,11H2,1-2H3,(H,23,24)/t15-/m0/s1. The van der Waals surface area contributed by atoms with Gasteiger partial charge in [0.05, 0.1) is 35.3 Å². The molecule has 9 nitrogen and oxygen atoms in total. The van der Waals surface area contributed by atoms with Gasteiger partial charge in [-0.3, -0.25) is 19.5 Å². The summed E-state index contributed by atoms with van der Waals surface area (Å²) in [5.74, 6) is -0.690. The summed E-state index contributed by atoms with van der Waals surface area (Å²) in [6.07, 6.45) is -0.0705. The van der Waals surface area contributed by atoms with E-state index in [1.54, 1.807) is 38.3 Å². The average Bonchev–Trinajstić information content (AvgIpc) is 3.41. The predicted molar refractivity (Wildman–Crippen MR) is 114 cm³/mol. The maximum atomic E-state index is 13.2. The highest BCUT2D eigenvalue weighted by molar-refractivity contribution is 6.22. The number of nitrogens with one attached hydrogen (secondary N) is 2. The van der Waals surface area contributed by atoms with Crippen LogP contribution in [0.25, 0.3) is 17.0 Å². The third kappa shape index (κ3) is 2.93. The van der Waals surface area contributed by atoms with Crippen LogP contribution in [0.1, 0.15) is 23.6 Å². The Morgan fingerprint density at radius 2 is 1.81 bits per heavy atom. The molecule has 4 aromatic rings. The molecule has 156 valence electrons. The summed E-state index contributed by atoms with van der Waals surface area (Å²) in [4.78, 5) is 47.7. The maximum absolute atomic E-state index is 13.2. The molecule has 0 spiro atoms. The fourth-order valence-corrected chi connectivity index (χ4v) is 4.02. The van der Waals surface area contributed by atoms with Gasteiger partial charge in [0.25, 0.3) is 5.56 Å². The molecule has 2 amide bonds. The first-order valence-electron chi connectivity index (χ1n) is 9.75. The molecule has 2 N–H and O–H groups in total. The van der Waals surface area contributed by atoms with Gasteiger partial charge >= 0.3 is 0 Å². The summed E-state index contributed by atoms with van der Waals surface area (Å²) in [5, 5.41) is 2.98. The highest BCUT2D eigenvalue weighted by Gasteiger charge is 2.43. The Bertz CT molecular complexity index is 1350. The number of benzene rings is 2. The van der Waals surface area contributed by atoms with E-state index in [-0.39, 0.29) is 17.9 Å². The first-order valence-corrected chi connectivity index (χ1v) is 9.75. The number of aryl methyl sites for hydroxylation is 1. The fourth-order valence-electron chi connectivity index (χ4n) is 4.02. The number of imidazole rings is 1. The zero-order valence-corrected chi connectivity index (χ0v) is 16.9. The molecule has 9 heteroatoms. The van der Waals surface area contributed by atoms with Gasteiger partial charge in [-0.1, -0.05) is 12.1 Å². The lowest BCUT2D eigenvalue weighted by Crippen LogP contribution is -2.31. The second-order valence-electron chi connectivity index (χ2n) is 7.39. The van der Waals surface area contributed by atoms with E-state index < -0.39 is 17.4 Å². The molecule has 1 fully saturated rings. The van der Waals surface area contributed by atoms with Crippen molar-refractivity contribution in [1.29, 1.82) is 0 Å². The van der Waals surface area contributed by atoms with Gasteiger partial charge in [0, 0.05) is 12.1 Å². The number of hydrogen-bond acceptors (Lipinski definition) is 5. The van der Waals surface area contributed by atoms with Crippen LogP contribution in [0.15, 0.2) is 53.3 Å². The smallest absolute Gasteiger partial charge is 0.278 e. The monoisotopic (exact) mass is 417 g/mol. The van der Waals surface area contributed by atoms with Gasteiger partial charge in [-0.2, -0.15) is 4.68 Å². The third-order valence-corrected chi connectivity index (χ3v) is 5.53. The number of carbonyl (C=O) groups is 2. The van der Waals surface area contributed by atoms with E-state index in [0.717, 1.165) is 15.9 Å². The summed E-state index contributed by atoms with van der Waals surface area (Å²) in [6, 6.07) is 14.1. The summed E-state index contributed by atoms with van der Waals surface area (Å²) in [7, 11) is 1.54. The average molecular weight is 417 g/mol. The zero-order valence-electron chi connectivity index (χ0n) is 16.9. The Morgan fingerprint density at radius 3 is 2.52 bits per heavy atom. The Morgan fingerprint density at radius 1 is 1.06 bits per heavy atom. The molecule has 1 atom stereocenters. The highest BCUT2D eigenvalue weighted by Crippen LogP contribution is 2.33. The SMILES string of the molecule is COc1ccc(N2C(=O)C[C@@H](c3c(C)[nH]n(-c4nc5ccccc5[nH]4)c3=O)C2=O)cc1. The summed E-state index contributed by atoms with van der Waals surface area (Å²) >= 11 is 0. The van der Waals surface area contributed by atoms with Crippen LogP contribution < -0.4 is 15.2 Å². The van der Waals surface area contributed by atoms with Crippen molar-refractivity contribution < 1.29 is 14.3 Å². The van der Waals surface area contributed by atoms with Gasteiger partial charge in [0.1, 0.15) is 5.75 Å². The lowest BCUT2D eigenvalue weighted by Gasteiger charge is -2.15. The van der Waals surface area contributed by atoms with Gasteiger partial charge < -0.3 is 9.72 Å². The minimum Gasteiger partial charge on any atom is -0.497 e. The van der Waals surface area contributed by atoms with Crippen LogP contribution in [0.3, 0.4) is 0 Å². The number of fused-ring (bicyclic) bond motifs is 1. The van der Waals surface area contributed by atoms with Crippen LogP contribution in [0.4, 0.5) is 5.69 Å². The van der Waals surface area contributed by atoms with Crippen molar-refractivity contribution in [1.82, 2.24) is 19.7 Å². The van der Waals surface area contributed by atoms with Crippen molar-refractivity contribution in [3.8, 4) is 11.7 Å². The number of methoxy groups -OCH3 is 1. The largest absolute Gasteiger partial charge is 0.497 e. The number of aromatic nitrogens is 4. The molecule has 31 heavy (non-hydrogen) atoms. The topological polar surface area (TPSA) is 113 Å². The highest BCUT2D eigenvalue weighted by atomic mass is 16.5. The van der Waals surface area contributed by atoms with Crippen LogP contribution in [-0.2, 0) is 9.59 Å². The summed E-state index contributed by atoms with van der Waals surface area (Å²) in [5.41, 5.74) is 2.35. The van der Waals surface area contributed by atoms with Crippen LogP contribution in [0.2, 0.25) is 0 Å². The summed E-state index contributed by atoms with van der Waals surface area (Å²) in [6.45, 7) is 1.71. The molecule has 2 aromatic carbocycles. The van der Waals surface area contributed by atoms with Crippen molar-refractivity contribution >= 4 is 28.5 Å². The molecule has 2 aromatic heterocycles. The minimum atomic E-state index is -0.857. The number of carbonyl (C=O) groups excluding carboxylic acids is 2. The zero-order chi connectivity index (χ0) is 21.7. The Kier molecular flexibility index (Phi) is 4.25. The van der Waals surface area contributed by atoms with Crippen molar-refractivity contribution in [2.45, 2.75) is 19.3 Å². The molecule has 1 saturated heterocycles. The number of aromatic amines is 2. The third-order valence-electron chi connectivity index (χ3n) is 5.53. The maximum Gasteiger partial charge on any atom is 0.278 e. The fraction of sp³-hybridized carbons (Fsp3) is 0.182. The van der Waals surface area contributed by atoms with Gasteiger partial charge in [-0.25, -0.2) is 9.88 Å². The van der Waals surface area contributed by atoms with Crippen LogP contribution in [0, 0.1) is 6.92 Å². The molecule has 3 heterocycles. The number of anilines is 1. The second-order valence-corrected chi connectivity index (χ2v) is 7.39. The van der Waals surface area contributed by atoms with Gasteiger partial charge in [-0.05, 0) is 43.3 Å². The van der Waals surface area contributed by atoms with E-state index in [4.69, 9.17) is 4.74 Å². The number of hydrogen-bond donors (Lipinski definition) is 2. The van der Waals surface area contributed by atoms with Gasteiger partial charge in [0.15, 0.2) is 0 Å². The number of amides is 2. The van der Waals surface area contributed by atoms with Crippen molar-refractivity contribution in [2.75, 3.05) is 12.0 Å². The number of para-hydroxylation sites is 2. The molecule has 1 aliphatic heterocycles. The first kappa shape index (κ1) is 18.9. The molecule has 5 rings (SSSR count). The minimum absolute atomic E-state index is 0.0705.